The average Bonchev–Trinajstić information content (AvgIpc) is 2.98. The molecule has 84 valence electrons. The largest absolute Gasteiger partial charge is 0.380 e. The highest BCUT2D eigenvalue weighted by Crippen LogP contribution is 2.04. The summed E-state index contributed by atoms with van der Waals surface area (Å²) in [5.41, 5.74) is 3.03. The maximum absolute atomic E-state index is 5.50. The van der Waals surface area contributed by atoms with Crippen molar-refractivity contribution >= 4 is 0 Å². The lowest BCUT2D eigenvalue weighted by Crippen LogP contribution is -2.39. The molecule has 0 aromatic heterocycles. The van der Waals surface area contributed by atoms with Gasteiger partial charge in [-0.25, -0.2) is 0 Å². The van der Waals surface area contributed by atoms with Gasteiger partial charge in [-0.1, -0.05) is 6.92 Å². The molecule has 0 amide bonds. The Hall–Kier alpha value is -0.160. The van der Waals surface area contributed by atoms with E-state index in [-0.39, 0.29) is 0 Å². The van der Waals surface area contributed by atoms with Crippen LogP contribution in [0.2, 0.25) is 0 Å². The molecule has 4 nitrogen and oxygen atoms in total. The van der Waals surface area contributed by atoms with Crippen molar-refractivity contribution in [3.63, 3.8) is 0 Å². The SMILES string of the molecule is CCCOCC(CN1CC1)NOCC. The highest BCUT2D eigenvalue weighted by atomic mass is 16.6. The Morgan fingerprint density at radius 2 is 2.14 bits per heavy atom. The Kier molecular flexibility index (Phi) is 6.10. The Morgan fingerprint density at radius 3 is 2.71 bits per heavy atom. The first-order chi connectivity index (χ1) is 6.86. The molecule has 1 unspecified atom stereocenters. The van der Waals surface area contributed by atoms with Crippen LogP contribution < -0.4 is 5.48 Å². The topological polar surface area (TPSA) is 33.5 Å². The molecule has 1 aliphatic rings. The third kappa shape index (κ3) is 5.54. The Morgan fingerprint density at radius 1 is 1.36 bits per heavy atom. The van der Waals surface area contributed by atoms with Gasteiger partial charge in [0.1, 0.15) is 0 Å². The zero-order chi connectivity index (χ0) is 10.2. The molecule has 0 bridgehead atoms. The minimum Gasteiger partial charge on any atom is -0.380 e. The van der Waals surface area contributed by atoms with Crippen LogP contribution in [0.1, 0.15) is 20.3 Å². The van der Waals surface area contributed by atoms with Crippen molar-refractivity contribution in [3.05, 3.63) is 0 Å². The molecule has 1 saturated heterocycles. The molecule has 0 aromatic rings. The normalized spacial score (nSPS) is 18.4. The van der Waals surface area contributed by atoms with E-state index in [2.05, 4.69) is 17.3 Å². The van der Waals surface area contributed by atoms with Crippen LogP contribution >= 0.6 is 0 Å². The third-order valence-corrected chi connectivity index (χ3v) is 2.08. The minimum absolute atomic E-state index is 0.309. The molecule has 1 atom stereocenters. The molecule has 0 aliphatic carbocycles. The van der Waals surface area contributed by atoms with E-state index >= 15 is 0 Å². The van der Waals surface area contributed by atoms with Gasteiger partial charge in [0.2, 0.25) is 0 Å². The number of nitrogens with one attached hydrogen (secondary N) is 1. The van der Waals surface area contributed by atoms with Crippen molar-refractivity contribution in [2.75, 3.05) is 39.5 Å². The van der Waals surface area contributed by atoms with E-state index in [4.69, 9.17) is 9.57 Å². The van der Waals surface area contributed by atoms with Crippen LogP contribution in [-0.2, 0) is 9.57 Å². The first-order valence-electron chi connectivity index (χ1n) is 5.54. The minimum atomic E-state index is 0.309. The van der Waals surface area contributed by atoms with E-state index in [1.807, 2.05) is 6.92 Å². The number of nitrogens with zero attached hydrogens (tertiary/aromatic N) is 1. The average molecular weight is 202 g/mol. The highest BCUT2D eigenvalue weighted by Gasteiger charge is 2.22. The van der Waals surface area contributed by atoms with Gasteiger partial charge in [-0.2, -0.15) is 5.48 Å². The second-order valence-electron chi connectivity index (χ2n) is 3.62. The molecule has 1 rings (SSSR count). The summed E-state index contributed by atoms with van der Waals surface area (Å²) in [6.07, 6.45) is 1.07. The van der Waals surface area contributed by atoms with Gasteiger partial charge in [-0.05, 0) is 13.3 Å². The van der Waals surface area contributed by atoms with Crippen LogP contribution in [0.4, 0.5) is 0 Å². The standard InChI is InChI=1S/C10H22N2O2/c1-3-7-13-9-10(11-14-4-2)8-12-5-6-12/h10-11H,3-9H2,1-2H3. The van der Waals surface area contributed by atoms with Gasteiger partial charge < -0.3 is 9.57 Å². The summed E-state index contributed by atoms with van der Waals surface area (Å²) in [4.78, 5) is 7.57. The van der Waals surface area contributed by atoms with E-state index in [1.165, 1.54) is 13.1 Å². The van der Waals surface area contributed by atoms with E-state index in [0.717, 1.165) is 26.2 Å². The molecule has 14 heavy (non-hydrogen) atoms. The predicted octanol–water partition coefficient (Wildman–Crippen LogP) is 0.638. The number of rotatable bonds is 9. The molecule has 1 N–H and O–H groups in total. The summed E-state index contributed by atoms with van der Waals surface area (Å²) in [5.74, 6) is 0. The van der Waals surface area contributed by atoms with Crippen molar-refractivity contribution in [2.24, 2.45) is 0 Å². The Bertz CT molecular complexity index is 140. The summed E-state index contributed by atoms with van der Waals surface area (Å²) in [6, 6.07) is 0.309. The highest BCUT2D eigenvalue weighted by molar-refractivity contribution is 4.78. The van der Waals surface area contributed by atoms with Gasteiger partial charge in [0.15, 0.2) is 0 Å². The Balaban J connectivity index is 2.06. The molecule has 0 aromatic carbocycles. The zero-order valence-corrected chi connectivity index (χ0v) is 9.29. The summed E-state index contributed by atoms with van der Waals surface area (Å²) in [5, 5.41) is 0. The lowest BCUT2D eigenvalue weighted by Gasteiger charge is -2.18. The van der Waals surface area contributed by atoms with Crippen LogP contribution in [0.5, 0.6) is 0 Å². The van der Waals surface area contributed by atoms with Crippen molar-refractivity contribution < 1.29 is 9.57 Å². The van der Waals surface area contributed by atoms with Crippen molar-refractivity contribution in [1.29, 1.82) is 0 Å². The number of ether oxygens (including phenoxy) is 1. The number of hydroxylamine groups is 1. The zero-order valence-electron chi connectivity index (χ0n) is 9.29. The Labute approximate surface area is 86.5 Å². The summed E-state index contributed by atoms with van der Waals surface area (Å²) < 4.78 is 5.50. The third-order valence-electron chi connectivity index (χ3n) is 2.08. The van der Waals surface area contributed by atoms with Crippen molar-refractivity contribution in [1.82, 2.24) is 10.4 Å². The van der Waals surface area contributed by atoms with Gasteiger partial charge >= 0.3 is 0 Å². The van der Waals surface area contributed by atoms with Crippen LogP contribution in [-0.4, -0.2) is 50.4 Å². The fraction of sp³-hybridized carbons (Fsp3) is 1.00. The lowest BCUT2D eigenvalue weighted by atomic mass is 10.3. The van der Waals surface area contributed by atoms with E-state index < -0.39 is 0 Å². The smallest absolute Gasteiger partial charge is 0.0682 e. The summed E-state index contributed by atoms with van der Waals surface area (Å²) in [7, 11) is 0. The summed E-state index contributed by atoms with van der Waals surface area (Å²) in [6.45, 7) is 9.85. The number of hydrogen-bond acceptors (Lipinski definition) is 4. The molecular formula is C10H22N2O2. The lowest BCUT2D eigenvalue weighted by molar-refractivity contribution is -0.00918. The molecule has 1 heterocycles. The van der Waals surface area contributed by atoms with Gasteiger partial charge in [0, 0.05) is 26.2 Å². The molecule has 0 spiro atoms. The van der Waals surface area contributed by atoms with Gasteiger partial charge in [0.05, 0.1) is 19.3 Å². The second-order valence-corrected chi connectivity index (χ2v) is 3.62. The van der Waals surface area contributed by atoms with Gasteiger partial charge in [-0.3, -0.25) is 4.90 Å². The molecule has 0 radical (unpaired) electrons. The molecular weight excluding hydrogens is 180 g/mol. The summed E-state index contributed by atoms with van der Waals surface area (Å²) >= 11 is 0. The fourth-order valence-electron chi connectivity index (χ4n) is 1.26. The van der Waals surface area contributed by atoms with E-state index in [0.29, 0.717) is 12.6 Å². The van der Waals surface area contributed by atoms with Crippen LogP contribution in [0.3, 0.4) is 0 Å². The number of hydrogen-bond donors (Lipinski definition) is 1. The van der Waals surface area contributed by atoms with E-state index in [9.17, 15) is 0 Å². The van der Waals surface area contributed by atoms with Gasteiger partial charge in [-0.15, -0.1) is 0 Å². The van der Waals surface area contributed by atoms with Crippen molar-refractivity contribution in [2.45, 2.75) is 26.3 Å². The van der Waals surface area contributed by atoms with Crippen LogP contribution in [0, 0.1) is 0 Å². The van der Waals surface area contributed by atoms with Gasteiger partial charge in [0.25, 0.3) is 0 Å². The second kappa shape index (κ2) is 7.17. The maximum atomic E-state index is 5.50. The first-order valence-corrected chi connectivity index (χ1v) is 5.54. The first kappa shape index (κ1) is 11.9. The monoisotopic (exact) mass is 202 g/mol. The molecule has 4 heteroatoms. The molecule has 0 saturated carbocycles. The quantitative estimate of drug-likeness (QED) is 0.338. The predicted molar refractivity (Wildman–Crippen MR) is 56.1 cm³/mol. The van der Waals surface area contributed by atoms with Crippen LogP contribution in [0.25, 0.3) is 0 Å². The van der Waals surface area contributed by atoms with E-state index in [1.54, 1.807) is 0 Å². The molecule has 1 aliphatic heterocycles. The molecule has 1 fully saturated rings. The van der Waals surface area contributed by atoms with Crippen LogP contribution in [0.15, 0.2) is 0 Å². The fourth-order valence-corrected chi connectivity index (χ4v) is 1.26. The maximum Gasteiger partial charge on any atom is 0.0682 e. The van der Waals surface area contributed by atoms with Crippen molar-refractivity contribution in [3.8, 4) is 0 Å².